The minimum atomic E-state index is 0.171. The summed E-state index contributed by atoms with van der Waals surface area (Å²) in [5.41, 5.74) is 8.70. The Bertz CT molecular complexity index is 845. The van der Waals surface area contributed by atoms with Crippen LogP contribution in [0.3, 0.4) is 0 Å². The summed E-state index contributed by atoms with van der Waals surface area (Å²) < 4.78 is 11.0. The lowest BCUT2D eigenvalue weighted by molar-refractivity contribution is 0.180. The Morgan fingerprint density at radius 2 is 1.90 bits per heavy atom. The molecule has 0 spiro atoms. The van der Waals surface area contributed by atoms with E-state index in [0.717, 1.165) is 62.5 Å². The Balaban J connectivity index is 1.22. The summed E-state index contributed by atoms with van der Waals surface area (Å²) in [5.74, 6) is 2.99. The van der Waals surface area contributed by atoms with Crippen molar-refractivity contribution >= 4 is 5.96 Å². The van der Waals surface area contributed by atoms with Gasteiger partial charge in [0, 0.05) is 25.1 Å². The third-order valence-electron chi connectivity index (χ3n) is 6.07. The number of nitrogens with zero attached hydrogens (tertiary/aromatic N) is 2. The quantitative estimate of drug-likeness (QED) is 0.567. The zero-order chi connectivity index (χ0) is 20.8. The monoisotopic (exact) mass is 408 g/mol. The highest BCUT2D eigenvalue weighted by molar-refractivity contribution is 5.78. The van der Waals surface area contributed by atoms with Crippen molar-refractivity contribution in [2.45, 2.75) is 31.8 Å². The normalized spacial score (nSPS) is 20.3. The van der Waals surface area contributed by atoms with E-state index in [1.807, 2.05) is 30.3 Å². The second kappa shape index (κ2) is 9.85. The molecule has 2 aliphatic heterocycles. The number of ether oxygens (including phenoxy) is 2. The van der Waals surface area contributed by atoms with Crippen molar-refractivity contribution in [3.63, 3.8) is 0 Å². The van der Waals surface area contributed by atoms with Gasteiger partial charge in [-0.1, -0.05) is 30.3 Å². The van der Waals surface area contributed by atoms with Gasteiger partial charge in [0.1, 0.15) is 11.5 Å². The molecular formula is C24H32N4O2. The van der Waals surface area contributed by atoms with E-state index in [2.05, 4.69) is 33.4 Å². The van der Waals surface area contributed by atoms with Crippen molar-refractivity contribution in [3.8, 4) is 11.5 Å². The van der Waals surface area contributed by atoms with E-state index < -0.39 is 0 Å². The number of fused-ring (bicyclic) bond motifs is 1. The maximum Gasteiger partial charge on any atom is 0.189 e. The van der Waals surface area contributed by atoms with E-state index in [0.29, 0.717) is 18.5 Å². The van der Waals surface area contributed by atoms with Gasteiger partial charge in [-0.25, -0.2) is 0 Å². The summed E-state index contributed by atoms with van der Waals surface area (Å²) >= 11 is 0. The molecule has 1 unspecified atom stereocenters. The molecule has 1 saturated heterocycles. The molecule has 6 nitrogen and oxygen atoms in total. The predicted octanol–water partition coefficient (Wildman–Crippen LogP) is 3.34. The van der Waals surface area contributed by atoms with Crippen LogP contribution in [0.1, 0.15) is 36.4 Å². The molecule has 0 aromatic heterocycles. The molecule has 160 valence electrons. The van der Waals surface area contributed by atoms with Crippen LogP contribution in [0.5, 0.6) is 11.5 Å². The fourth-order valence-electron chi connectivity index (χ4n) is 4.26. The van der Waals surface area contributed by atoms with Crippen LogP contribution in [0.2, 0.25) is 0 Å². The predicted molar refractivity (Wildman–Crippen MR) is 120 cm³/mol. The molecular weight excluding hydrogens is 376 g/mol. The third-order valence-corrected chi connectivity index (χ3v) is 6.07. The molecule has 3 N–H and O–H groups in total. The second-order valence-electron chi connectivity index (χ2n) is 8.17. The lowest BCUT2D eigenvalue weighted by atomic mass is 9.96. The van der Waals surface area contributed by atoms with E-state index in [1.165, 1.54) is 5.56 Å². The van der Waals surface area contributed by atoms with Gasteiger partial charge in [0.15, 0.2) is 5.96 Å². The minimum Gasteiger partial charge on any atom is -0.497 e. The number of aliphatic imine (C=N–C) groups is 1. The Kier molecular flexibility index (Phi) is 6.74. The van der Waals surface area contributed by atoms with E-state index in [9.17, 15) is 0 Å². The van der Waals surface area contributed by atoms with E-state index >= 15 is 0 Å². The maximum atomic E-state index is 6.21. The topological polar surface area (TPSA) is 72.1 Å². The van der Waals surface area contributed by atoms with Crippen LogP contribution in [0, 0.1) is 5.92 Å². The number of hydrogen-bond donors (Lipinski definition) is 2. The van der Waals surface area contributed by atoms with E-state index in [4.69, 9.17) is 15.2 Å². The molecule has 0 radical (unpaired) electrons. The van der Waals surface area contributed by atoms with Crippen LogP contribution >= 0.6 is 0 Å². The fourth-order valence-corrected chi connectivity index (χ4v) is 4.26. The van der Waals surface area contributed by atoms with Crippen LogP contribution in [-0.4, -0.2) is 44.2 Å². The van der Waals surface area contributed by atoms with Gasteiger partial charge in [0.05, 0.1) is 19.8 Å². The third kappa shape index (κ3) is 5.25. The fraction of sp³-hybridized carbons (Fsp3) is 0.458. The summed E-state index contributed by atoms with van der Waals surface area (Å²) in [6.07, 6.45) is 3.22. The molecule has 1 atom stereocenters. The number of nitrogens with one attached hydrogen (secondary N) is 1. The highest BCUT2D eigenvalue weighted by atomic mass is 16.5. The summed E-state index contributed by atoms with van der Waals surface area (Å²) in [5, 5.41) is 3.39. The van der Waals surface area contributed by atoms with Gasteiger partial charge in [0.25, 0.3) is 0 Å². The number of nitrogens with two attached hydrogens (primary N) is 1. The Morgan fingerprint density at radius 1 is 1.13 bits per heavy atom. The van der Waals surface area contributed by atoms with Crippen LogP contribution in [0.25, 0.3) is 0 Å². The number of para-hydroxylation sites is 1. The highest BCUT2D eigenvalue weighted by Gasteiger charge is 2.22. The molecule has 30 heavy (non-hydrogen) atoms. The standard InChI is InChI=1S/C24H32N4O2/c1-29-20-8-6-19(7-9-20)17-28-13-10-18(11-14-28)16-26-24(25)27-22-12-15-30-23-5-3-2-4-21(22)23/h2-9,18,22H,10-17H2,1H3,(H3,25,26,27). The molecule has 0 amide bonds. The Hall–Kier alpha value is -2.73. The lowest BCUT2D eigenvalue weighted by Gasteiger charge is -2.31. The summed E-state index contributed by atoms with van der Waals surface area (Å²) in [6, 6.07) is 16.7. The first kappa shape index (κ1) is 20.5. The summed E-state index contributed by atoms with van der Waals surface area (Å²) in [4.78, 5) is 7.17. The van der Waals surface area contributed by atoms with Crippen molar-refractivity contribution in [2.24, 2.45) is 16.6 Å². The molecule has 6 heteroatoms. The number of piperidine rings is 1. The van der Waals surface area contributed by atoms with Crippen molar-refractivity contribution in [2.75, 3.05) is 33.4 Å². The van der Waals surface area contributed by atoms with Crippen LogP contribution in [0.15, 0.2) is 53.5 Å². The van der Waals surface area contributed by atoms with Crippen LogP contribution in [-0.2, 0) is 6.54 Å². The molecule has 2 aliphatic rings. The van der Waals surface area contributed by atoms with Crippen molar-refractivity contribution in [3.05, 3.63) is 59.7 Å². The van der Waals surface area contributed by atoms with Gasteiger partial charge >= 0.3 is 0 Å². The average Bonchev–Trinajstić information content (AvgIpc) is 2.79. The number of rotatable bonds is 6. The van der Waals surface area contributed by atoms with Gasteiger partial charge < -0.3 is 20.5 Å². The molecule has 4 rings (SSSR count). The number of benzene rings is 2. The lowest BCUT2D eigenvalue weighted by Crippen LogP contribution is -2.38. The number of methoxy groups -OCH3 is 1. The van der Waals surface area contributed by atoms with E-state index in [1.54, 1.807) is 7.11 Å². The summed E-state index contributed by atoms with van der Waals surface area (Å²) in [7, 11) is 1.70. The SMILES string of the molecule is COc1ccc(CN2CCC(CN=C(N)NC3CCOc4ccccc43)CC2)cc1. The minimum absolute atomic E-state index is 0.171. The molecule has 2 aromatic carbocycles. The first-order valence-electron chi connectivity index (χ1n) is 10.8. The molecule has 0 bridgehead atoms. The van der Waals surface area contributed by atoms with E-state index in [-0.39, 0.29) is 6.04 Å². The van der Waals surface area contributed by atoms with Crippen LogP contribution in [0.4, 0.5) is 0 Å². The molecule has 2 heterocycles. The first-order chi connectivity index (χ1) is 14.7. The second-order valence-corrected chi connectivity index (χ2v) is 8.17. The Morgan fingerprint density at radius 3 is 2.67 bits per heavy atom. The van der Waals surface area contributed by atoms with Crippen LogP contribution < -0.4 is 20.5 Å². The molecule has 2 aromatic rings. The average molecular weight is 409 g/mol. The van der Waals surface area contributed by atoms with Gasteiger partial charge in [-0.15, -0.1) is 0 Å². The van der Waals surface area contributed by atoms with Gasteiger partial charge in [0.2, 0.25) is 0 Å². The highest BCUT2D eigenvalue weighted by Crippen LogP contribution is 2.31. The zero-order valence-electron chi connectivity index (χ0n) is 17.7. The van der Waals surface area contributed by atoms with Crippen molar-refractivity contribution in [1.82, 2.24) is 10.2 Å². The molecule has 1 fully saturated rings. The summed E-state index contributed by atoms with van der Waals surface area (Å²) in [6.45, 7) is 4.70. The van der Waals surface area contributed by atoms with Gasteiger partial charge in [-0.05, 0) is 55.6 Å². The molecule has 0 saturated carbocycles. The molecule has 0 aliphatic carbocycles. The van der Waals surface area contributed by atoms with Crippen molar-refractivity contribution < 1.29 is 9.47 Å². The first-order valence-corrected chi connectivity index (χ1v) is 10.8. The number of likely N-dealkylation sites (tertiary alicyclic amines) is 1. The van der Waals surface area contributed by atoms with Gasteiger partial charge in [-0.2, -0.15) is 0 Å². The smallest absolute Gasteiger partial charge is 0.189 e. The van der Waals surface area contributed by atoms with Gasteiger partial charge in [-0.3, -0.25) is 9.89 Å². The zero-order valence-corrected chi connectivity index (χ0v) is 17.7. The Labute approximate surface area is 179 Å². The maximum absolute atomic E-state index is 6.21. The number of hydrogen-bond acceptors (Lipinski definition) is 4. The number of guanidine groups is 1. The largest absolute Gasteiger partial charge is 0.497 e. The van der Waals surface area contributed by atoms with Crippen molar-refractivity contribution in [1.29, 1.82) is 0 Å².